The molecule has 0 amide bonds. The van der Waals surface area contributed by atoms with Gasteiger partial charge in [0.1, 0.15) is 11.5 Å². The molecule has 0 unspecified atom stereocenters. The molecule has 0 bridgehead atoms. The fourth-order valence-electron chi connectivity index (χ4n) is 5.58. The zero-order valence-electron chi connectivity index (χ0n) is 19.1. The van der Waals surface area contributed by atoms with Crippen LogP contribution in [-0.4, -0.2) is 23.3 Å². The largest absolute Gasteiger partial charge is 0.478 e. The molecule has 1 aliphatic carbocycles. The van der Waals surface area contributed by atoms with E-state index in [9.17, 15) is 19.5 Å². The first-order chi connectivity index (χ1) is 17.0. The van der Waals surface area contributed by atoms with Crippen molar-refractivity contribution < 1.29 is 24.2 Å². The summed E-state index contributed by atoms with van der Waals surface area (Å²) in [5.41, 5.74) is 3.28. The number of carbonyl (C=O) groups excluding carboxylic acids is 2. The maximum atomic E-state index is 13.0. The van der Waals surface area contributed by atoms with Crippen LogP contribution in [-0.2, 0) is 9.59 Å². The first-order valence-corrected chi connectivity index (χ1v) is 11.5. The molecule has 174 valence electrons. The molecule has 1 fully saturated rings. The molecule has 0 spiro atoms. The van der Waals surface area contributed by atoms with Crippen molar-refractivity contribution in [3.63, 3.8) is 0 Å². The van der Waals surface area contributed by atoms with Crippen molar-refractivity contribution in [3.05, 3.63) is 113 Å². The summed E-state index contributed by atoms with van der Waals surface area (Å²) in [5.74, 6) is -0.828. The molecule has 1 saturated carbocycles. The predicted molar refractivity (Wildman–Crippen MR) is 133 cm³/mol. The summed E-state index contributed by atoms with van der Waals surface area (Å²) in [7, 11) is 0. The van der Waals surface area contributed by atoms with E-state index in [1.807, 2.05) is 36.4 Å². The number of hydrogen-bond donors (Lipinski definition) is 1. The number of benzene rings is 4. The van der Waals surface area contributed by atoms with Crippen LogP contribution in [0, 0.1) is 5.92 Å². The minimum Gasteiger partial charge on any atom is -0.478 e. The maximum absolute atomic E-state index is 13.0. The van der Waals surface area contributed by atoms with E-state index in [-0.39, 0.29) is 35.0 Å². The molecule has 1 aliphatic rings. The maximum Gasteiger partial charge on any atom is 0.335 e. The van der Waals surface area contributed by atoms with Gasteiger partial charge in [-0.3, -0.25) is 9.59 Å². The van der Waals surface area contributed by atoms with Gasteiger partial charge in [-0.25, -0.2) is 4.79 Å². The highest BCUT2D eigenvalue weighted by Crippen LogP contribution is 2.62. The highest BCUT2D eigenvalue weighted by molar-refractivity contribution is 5.88. The lowest BCUT2D eigenvalue weighted by molar-refractivity contribution is -0.126. The SMILES string of the molecule is CC(=O)[C@@H]1[C@@H](c2ccc(C(=O)O)cc2)[C@@H](c2ccc(OC=O)cc2)[C@@H]1c1ccc2ccccc2c1. The minimum absolute atomic E-state index is 0.00831. The van der Waals surface area contributed by atoms with Crippen LogP contribution in [0.2, 0.25) is 0 Å². The Bertz CT molecular complexity index is 1410. The monoisotopic (exact) mass is 464 g/mol. The Balaban J connectivity index is 1.62. The number of hydrogen-bond acceptors (Lipinski definition) is 4. The zero-order chi connectivity index (χ0) is 24.5. The Kier molecular flexibility index (Phi) is 5.91. The van der Waals surface area contributed by atoms with Crippen LogP contribution in [0.25, 0.3) is 10.8 Å². The number of carboxylic acids is 1. The summed E-state index contributed by atoms with van der Waals surface area (Å²) in [5, 5.41) is 11.6. The van der Waals surface area contributed by atoms with E-state index in [1.54, 1.807) is 31.2 Å². The lowest BCUT2D eigenvalue weighted by Crippen LogP contribution is -2.45. The molecule has 0 aromatic heterocycles. The van der Waals surface area contributed by atoms with Crippen molar-refractivity contribution in [3.8, 4) is 5.75 Å². The molecule has 4 aromatic rings. The molecule has 5 rings (SSSR count). The van der Waals surface area contributed by atoms with Crippen LogP contribution in [0.4, 0.5) is 0 Å². The minimum atomic E-state index is -0.982. The van der Waals surface area contributed by atoms with Crippen LogP contribution in [0.15, 0.2) is 91.0 Å². The molecule has 35 heavy (non-hydrogen) atoms. The van der Waals surface area contributed by atoms with Crippen LogP contribution < -0.4 is 4.74 Å². The van der Waals surface area contributed by atoms with Gasteiger partial charge in [-0.1, -0.05) is 66.7 Å². The number of rotatable bonds is 7. The normalized spacial score (nSPS) is 21.2. The molecule has 4 aromatic carbocycles. The number of Topliss-reactive ketones (excluding diaryl/α,β-unsaturated/α-hetero) is 1. The van der Waals surface area contributed by atoms with Gasteiger partial charge in [0.2, 0.25) is 0 Å². The number of fused-ring (bicyclic) bond motifs is 1. The quantitative estimate of drug-likeness (QED) is 0.342. The molecule has 1 N–H and O–H groups in total. The fourth-order valence-corrected chi connectivity index (χ4v) is 5.58. The van der Waals surface area contributed by atoms with Gasteiger partial charge in [0, 0.05) is 17.8 Å². The van der Waals surface area contributed by atoms with Gasteiger partial charge in [-0.15, -0.1) is 0 Å². The topological polar surface area (TPSA) is 80.7 Å². The predicted octanol–water partition coefficient (Wildman–Crippen LogP) is 5.94. The van der Waals surface area contributed by atoms with Crippen LogP contribution in [0.1, 0.15) is 51.7 Å². The molecule has 5 heteroatoms. The van der Waals surface area contributed by atoms with Crippen molar-refractivity contribution >= 4 is 29.0 Å². The van der Waals surface area contributed by atoms with Gasteiger partial charge in [0.05, 0.1) is 5.56 Å². The molecule has 0 aliphatic heterocycles. The van der Waals surface area contributed by atoms with E-state index in [0.29, 0.717) is 12.2 Å². The van der Waals surface area contributed by atoms with Crippen LogP contribution >= 0.6 is 0 Å². The average molecular weight is 465 g/mol. The Morgan fingerprint density at radius 2 is 1.31 bits per heavy atom. The molecule has 0 heterocycles. The van der Waals surface area contributed by atoms with Gasteiger partial charge in [0.25, 0.3) is 6.47 Å². The number of carboxylic acid groups (broad SMARTS) is 1. The molecular formula is C30H24O5. The van der Waals surface area contributed by atoms with E-state index >= 15 is 0 Å². The summed E-state index contributed by atoms with van der Waals surface area (Å²) in [4.78, 5) is 35.1. The zero-order valence-corrected chi connectivity index (χ0v) is 19.1. The van der Waals surface area contributed by atoms with Gasteiger partial charge in [-0.05, 0) is 64.6 Å². The molecule has 4 atom stereocenters. The summed E-state index contributed by atoms with van der Waals surface area (Å²) in [6.45, 7) is 2.03. The van der Waals surface area contributed by atoms with E-state index in [4.69, 9.17) is 4.74 Å². The average Bonchev–Trinajstić information content (AvgIpc) is 2.85. The van der Waals surface area contributed by atoms with Gasteiger partial charge in [-0.2, -0.15) is 0 Å². The third-order valence-electron chi connectivity index (χ3n) is 7.17. The van der Waals surface area contributed by atoms with Crippen molar-refractivity contribution in [1.82, 2.24) is 0 Å². The van der Waals surface area contributed by atoms with E-state index in [1.165, 1.54) is 0 Å². The first kappa shape index (κ1) is 22.5. The first-order valence-electron chi connectivity index (χ1n) is 11.5. The summed E-state index contributed by atoms with van der Waals surface area (Å²) in [6.07, 6.45) is 0. The number of carbonyl (C=O) groups is 3. The smallest absolute Gasteiger partial charge is 0.335 e. The number of ketones is 1. The van der Waals surface area contributed by atoms with Gasteiger partial charge in [0.15, 0.2) is 0 Å². The Morgan fingerprint density at radius 3 is 1.94 bits per heavy atom. The van der Waals surface area contributed by atoms with Crippen molar-refractivity contribution in [2.45, 2.75) is 24.7 Å². The fraction of sp³-hybridized carbons (Fsp3) is 0.167. The third kappa shape index (κ3) is 4.10. The standard InChI is InChI=1S/C30H24O5/c1-18(32)26-27(20-7-9-22(10-8-20)30(33)34)28(21-12-14-25(15-13-21)35-17-31)29(26)24-11-6-19-4-2-3-5-23(19)16-24/h2-17,26-29H,1H3,(H,33,34)/t26-,27-,28-,29-/m1/s1. The lowest BCUT2D eigenvalue weighted by atomic mass is 9.50. The summed E-state index contributed by atoms with van der Waals surface area (Å²) >= 11 is 0. The van der Waals surface area contributed by atoms with Crippen molar-refractivity contribution in [2.75, 3.05) is 0 Å². The second-order valence-electron chi connectivity index (χ2n) is 9.03. The Morgan fingerprint density at radius 1 is 0.743 bits per heavy atom. The number of aromatic carboxylic acids is 1. The third-order valence-corrected chi connectivity index (χ3v) is 7.17. The van der Waals surface area contributed by atoms with Crippen molar-refractivity contribution in [1.29, 1.82) is 0 Å². The van der Waals surface area contributed by atoms with E-state index < -0.39 is 5.97 Å². The second kappa shape index (κ2) is 9.18. The lowest BCUT2D eigenvalue weighted by Gasteiger charge is -2.52. The highest BCUT2D eigenvalue weighted by atomic mass is 16.5. The molecule has 5 nitrogen and oxygen atoms in total. The number of ether oxygens (including phenoxy) is 1. The second-order valence-corrected chi connectivity index (χ2v) is 9.03. The molecule has 0 saturated heterocycles. The van der Waals surface area contributed by atoms with Crippen molar-refractivity contribution in [2.24, 2.45) is 5.92 Å². The Hall–Kier alpha value is -4.25. The van der Waals surface area contributed by atoms with Crippen LogP contribution in [0.3, 0.4) is 0 Å². The van der Waals surface area contributed by atoms with Crippen LogP contribution in [0.5, 0.6) is 5.75 Å². The summed E-state index contributed by atoms with van der Waals surface area (Å²) in [6, 6.07) is 28.7. The molecular weight excluding hydrogens is 440 g/mol. The van der Waals surface area contributed by atoms with E-state index in [0.717, 1.165) is 27.5 Å². The Labute approximate surface area is 203 Å². The summed E-state index contributed by atoms with van der Waals surface area (Å²) < 4.78 is 4.97. The van der Waals surface area contributed by atoms with Gasteiger partial charge < -0.3 is 9.84 Å². The molecule has 0 radical (unpaired) electrons. The highest BCUT2D eigenvalue weighted by Gasteiger charge is 2.54. The van der Waals surface area contributed by atoms with E-state index in [2.05, 4.69) is 30.3 Å². The van der Waals surface area contributed by atoms with Gasteiger partial charge >= 0.3 is 5.97 Å².